The van der Waals surface area contributed by atoms with Crippen LogP contribution in [0.25, 0.3) is 0 Å². The van der Waals surface area contributed by atoms with Crippen LogP contribution in [0.1, 0.15) is 80.1 Å². The van der Waals surface area contributed by atoms with E-state index in [4.69, 9.17) is 5.73 Å². The standard InChI is InChI=1S/C22H34N4O3/c1-19(2)7-15(24-13-27)9-21(5,11-19)17(26-18(23)29)22(6)10-16(25-14-28)8-20(3,4)12-22/h15-16H,7-12H2,1-6H3,(H2,23,29). The molecule has 0 heterocycles. The number of nitrogens with zero attached hydrogens (tertiary/aromatic N) is 3. The first-order valence-corrected chi connectivity index (χ1v) is 10.3. The second-order valence-corrected chi connectivity index (χ2v) is 11.2. The van der Waals surface area contributed by atoms with Crippen LogP contribution < -0.4 is 5.73 Å². The number of amides is 2. The van der Waals surface area contributed by atoms with Gasteiger partial charge in [0.1, 0.15) is 0 Å². The van der Waals surface area contributed by atoms with E-state index in [1.807, 2.05) is 0 Å². The molecule has 2 aliphatic carbocycles. The maximum absolute atomic E-state index is 12.0. The summed E-state index contributed by atoms with van der Waals surface area (Å²) in [6.45, 7) is 12.8. The number of nitrogens with two attached hydrogens (primary N) is 1. The van der Waals surface area contributed by atoms with Crippen LogP contribution in [0, 0.1) is 21.7 Å². The maximum atomic E-state index is 12.0. The largest absolute Gasteiger partial charge is 0.350 e. The molecule has 0 radical (unpaired) electrons. The third-order valence-electron chi connectivity index (χ3n) is 6.52. The molecular formula is C22H34N4O3. The van der Waals surface area contributed by atoms with Crippen LogP contribution in [0.4, 0.5) is 4.79 Å². The van der Waals surface area contributed by atoms with E-state index >= 15 is 0 Å². The monoisotopic (exact) mass is 402 g/mol. The highest BCUT2D eigenvalue weighted by atomic mass is 16.2. The van der Waals surface area contributed by atoms with Gasteiger partial charge >= 0.3 is 6.03 Å². The van der Waals surface area contributed by atoms with Gasteiger partial charge < -0.3 is 5.73 Å². The van der Waals surface area contributed by atoms with Crippen LogP contribution in [0.3, 0.4) is 0 Å². The fourth-order valence-corrected chi connectivity index (χ4v) is 6.66. The molecule has 4 unspecified atom stereocenters. The van der Waals surface area contributed by atoms with Crippen molar-refractivity contribution in [1.82, 2.24) is 0 Å². The van der Waals surface area contributed by atoms with E-state index in [9.17, 15) is 14.4 Å². The van der Waals surface area contributed by atoms with Gasteiger partial charge in [-0.15, -0.1) is 0 Å². The Balaban J connectivity index is 2.59. The van der Waals surface area contributed by atoms with Gasteiger partial charge in [0.2, 0.25) is 12.2 Å². The Morgan fingerprint density at radius 1 is 0.793 bits per heavy atom. The second kappa shape index (κ2) is 7.97. The fraction of sp³-hybridized carbons (Fsp3) is 0.818. The van der Waals surface area contributed by atoms with Gasteiger partial charge in [0, 0.05) is 16.5 Å². The summed E-state index contributed by atoms with van der Waals surface area (Å²) in [5, 5.41) is 0. The Labute approximate surface area is 173 Å². The minimum atomic E-state index is -0.722. The first-order chi connectivity index (χ1) is 13.2. The molecule has 2 saturated carbocycles. The minimum Gasteiger partial charge on any atom is -0.350 e. The molecule has 2 rings (SSSR count). The van der Waals surface area contributed by atoms with E-state index in [1.54, 1.807) is 12.2 Å². The molecule has 4 atom stereocenters. The van der Waals surface area contributed by atoms with Crippen molar-refractivity contribution in [3.8, 4) is 0 Å². The van der Waals surface area contributed by atoms with Gasteiger partial charge in [0.05, 0.1) is 12.1 Å². The average molecular weight is 403 g/mol. The zero-order chi connectivity index (χ0) is 22.1. The highest BCUT2D eigenvalue weighted by Crippen LogP contribution is 2.56. The number of isocyanates is 2. The van der Waals surface area contributed by atoms with E-state index < -0.39 is 16.9 Å². The van der Waals surface area contributed by atoms with E-state index in [0.717, 1.165) is 31.4 Å². The molecule has 2 amide bonds. The third kappa shape index (κ3) is 5.49. The van der Waals surface area contributed by atoms with Crippen molar-refractivity contribution in [2.75, 3.05) is 0 Å². The highest BCUT2D eigenvalue weighted by Gasteiger charge is 2.53. The number of carbonyl (C=O) groups excluding carboxylic acids is 3. The number of hydrogen-bond donors (Lipinski definition) is 1. The number of primary amides is 1. The topological polar surface area (TPSA) is 114 Å². The minimum absolute atomic E-state index is 0.0860. The van der Waals surface area contributed by atoms with Gasteiger partial charge in [-0.2, -0.15) is 0 Å². The number of carbonyl (C=O) groups is 1. The smallest absolute Gasteiger partial charge is 0.338 e. The molecule has 0 spiro atoms. The van der Waals surface area contributed by atoms with Crippen molar-refractivity contribution in [1.29, 1.82) is 0 Å². The van der Waals surface area contributed by atoms with E-state index in [1.165, 1.54) is 0 Å². The molecular weight excluding hydrogens is 368 g/mol. The van der Waals surface area contributed by atoms with Crippen LogP contribution in [-0.4, -0.2) is 36.0 Å². The molecule has 29 heavy (non-hydrogen) atoms. The number of rotatable bonds is 4. The van der Waals surface area contributed by atoms with E-state index in [2.05, 4.69) is 56.5 Å². The summed E-state index contributed by atoms with van der Waals surface area (Å²) in [6, 6.07) is -1.08. The molecule has 2 fully saturated rings. The fourth-order valence-electron chi connectivity index (χ4n) is 6.66. The molecule has 160 valence electrons. The first kappa shape index (κ1) is 23.2. The second-order valence-electron chi connectivity index (χ2n) is 11.2. The van der Waals surface area contributed by atoms with Gasteiger partial charge in [-0.1, -0.05) is 41.5 Å². The van der Waals surface area contributed by atoms with Crippen molar-refractivity contribution in [3.63, 3.8) is 0 Å². The van der Waals surface area contributed by atoms with Crippen LogP contribution in [-0.2, 0) is 9.59 Å². The third-order valence-corrected chi connectivity index (χ3v) is 6.52. The molecule has 0 aromatic rings. The molecule has 0 aromatic carbocycles. The van der Waals surface area contributed by atoms with E-state index in [-0.39, 0.29) is 22.9 Å². The predicted molar refractivity (Wildman–Crippen MR) is 112 cm³/mol. The molecule has 7 nitrogen and oxygen atoms in total. The molecule has 2 N–H and O–H groups in total. The number of urea groups is 1. The predicted octanol–water partition coefficient (Wildman–Crippen LogP) is 4.35. The van der Waals surface area contributed by atoms with Crippen LogP contribution >= 0.6 is 0 Å². The average Bonchev–Trinajstić information content (AvgIpc) is 2.49. The zero-order valence-corrected chi connectivity index (χ0v) is 18.5. The van der Waals surface area contributed by atoms with Crippen molar-refractivity contribution < 1.29 is 14.4 Å². The lowest BCUT2D eigenvalue weighted by Crippen LogP contribution is -2.52. The summed E-state index contributed by atoms with van der Waals surface area (Å²) in [7, 11) is 0. The molecule has 0 bridgehead atoms. The van der Waals surface area contributed by atoms with Gasteiger partial charge in [0.25, 0.3) is 0 Å². The Kier molecular flexibility index (Phi) is 6.37. The lowest BCUT2D eigenvalue weighted by molar-refractivity contribution is 0.0968. The molecule has 2 aliphatic rings. The van der Waals surface area contributed by atoms with Gasteiger partial charge in [-0.25, -0.2) is 29.4 Å². The molecule has 0 aliphatic heterocycles. The van der Waals surface area contributed by atoms with Crippen molar-refractivity contribution in [2.45, 2.75) is 92.2 Å². The normalized spacial score (nSPS) is 35.5. The van der Waals surface area contributed by atoms with E-state index in [0.29, 0.717) is 12.8 Å². The van der Waals surface area contributed by atoms with Crippen molar-refractivity contribution >= 4 is 23.9 Å². The Morgan fingerprint density at radius 2 is 1.17 bits per heavy atom. The number of hydrogen-bond acceptors (Lipinski definition) is 5. The van der Waals surface area contributed by atoms with Crippen molar-refractivity contribution in [3.05, 3.63) is 0 Å². The summed E-state index contributed by atoms with van der Waals surface area (Å²) >= 11 is 0. The summed E-state index contributed by atoms with van der Waals surface area (Å²) < 4.78 is 0. The quantitative estimate of drug-likeness (QED) is 0.557. The van der Waals surface area contributed by atoms with Gasteiger partial charge in [-0.05, 0) is 49.4 Å². The van der Waals surface area contributed by atoms with Crippen LogP contribution in [0.15, 0.2) is 15.0 Å². The Morgan fingerprint density at radius 3 is 1.48 bits per heavy atom. The summed E-state index contributed by atoms with van der Waals surface area (Å²) in [5.74, 6) is 0. The summed E-state index contributed by atoms with van der Waals surface area (Å²) in [5.41, 5.74) is 5.20. The number of aliphatic imine (C=N–C) groups is 3. The lowest BCUT2D eigenvalue weighted by atomic mass is 9.52. The first-order valence-electron chi connectivity index (χ1n) is 10.3. The Bertz CT molecular complexity index is 734. The van der Waals surface area contributed by atoms with Crippen LogP contribution in [0.5, 0.6) is 0 Å². The molecule has 0 aromatic heterocycles. The SMILES string of the molecule is CC1(C)CC(N=C=O)CC(C)(C(=NC(N)=O)C2(C)CC(N=C=O)CC(C)(C)C2)C1. The maximum Gasteiger partial charge on any atom is 0.338 e. The molecule has 0 saturated heterocycles. The van der Waals surface area contributed by atoms with Crippen LogP contribution in [0.2, 0.25) is 0 Å². The van der Waals surface area contributed by atoms with Crippen molar-refractivity contribution in [2.24, 2.45) is 42.4 Å². The Hall–Kier alpha value is -2.10. The lowest BCUT2D eigenvalue weighted by Gasteiger charge is -2.53. The molecule has 7 heteroatoms. The highest BCUT2D eigenvalue weighted by molar-refractivity contribution is 6.02. The summed E-state index contributed by atoms with van der Waals surface area (Å²) in [4.78, 5) is 46.3. The van der Waals surface area contributed by atoms with Gasteiger partial charge in [-0.3, -0.25) is 0 Å². The zero-order valence-electron chi connectivity index (χ0n) is 18.5. The summed E-state index contributed by atoms with van der Waals surface area (Å²) in [6.07, 6.45) is 7.78. The van der Waals surface area contributed by atoms with Gasteiger partial charge in [0.15, 0.2) is 0 Å².